The normalized spacial score (nSPS) is 25.6. The Hall–Kier alpha value is -1.89. The third-order valence-corrected chi connectivity index (χ3v) is 7.24. The van der Waals surface area contributed by atoms with E-state index in [-0.39, 0.29) is 6.10 Å². The number of likely N-dealkylation sites (tertiary alicyclic amines) is 1. The van der Waals surface area contributed by atoms with Gasteiger partial charge in [0.25, 0.3) is 0 Å². The summed E-state index contributed by atoms with van der Waals surface area (Å²) in [4.78, 5) is 14.9. The van der Waals surface area contributed by atoms with Crippen molar-refractivity contribution in [3.63, 3.8) is 0 Å². The largest absolute Gasteiger partial charge is 0.389 e. The third-order valence-electron chi connectivity index (χ3n) is 6.24. The molecule has 2 atom stereocenters. The van der Waals surface area contributed by atoms with E-state index in [1.165, 1.54) is 21.8 Å². The van der Waals surface area contributed by atoms with Gasteiger partial charge in [-0.2, -0.15) is 0 Å². The molecule has 4 heterocycles. The van der Waals surface area contributed by atoms with Crippen molar-refractivity contribution in [3.8, 4) is 0 Å². The predicted molar refractivity (Wildman–Crippen MR) is 113 cm³/mol. The lowest BCUT2D eigenvalue weighted by molar-refractivity contribution is 0.0743. The molecule has 28 heavy (non-hydrogen) atoms. The van der Waals surface area contributed by atoms with Gasteiger partial charge in [0, 0.05) is 57.2 Å². The first-order valence-electron chi connectivity index (χ1n) is 10.3. The predicted octanol–water partition coefficient (Wildman–Crippen LogP) is 3.02. The maximum atomic E-state index is 5.83. The lowest BCUT2D eigenvalue weighted by atomic mass is 10.0. The van der Waals surface area contributed by atoms with Crippen LogP contribution in [0.2, 0.25) is 0 Å². The molecule has 5 nitrogen and oxygen atoms in total. The molecule has 0 bridgehead atoms. The lowest BCUT2D eigenvalue weighted by Crippen LogP contribution is -2.50. The topological polar surface area (TPSA) is 31.3 Å². The number of amidine groups is 1. The average molecular weight is 397 g/mol. The summed E-state index contributed by atoms with van der Waals surface area (Å²) in [6.45, 7) is 10.6. The van der Waals surface area contributed by atoms with Crippen LogP contribution >= 0.6 is 11.3 Å². The highest BCUT2D eigenvalue weighted by Gasteiger charge is 2.44. The van der Waals surface area contributed by atoms with Crippen LogP contribution in [0.15, 0.2) is 46.9 Å². The number of thiophene rings is 1. The Bertz CT molecular complexity index is 828. The maximum Gasteiger partial charge on any atom is 0.152 e. The van der Waals surface area contributed by atoms with Crippen LogP contribution in [0.25, 0.3) is 0 Å². The summed E-state index contributed by atoms with van der Waals surface area (Å²) in [5.41, 5.74) is 2.80. The van der Waals surface area contributed by atoms with Gasteiger partial charge in [0.05, 0.1) is 5.92 Å². The number of hydrogen-bond donors (Lipinski definition) is 0. The molecule has 2 fully saturated rings. The molecule has 0 unspecified atom stereocenters. The summed E-state index contributed by atoms with van der Waals surface area (Å²) in [7, 11) is 0. The molecule has 1 aromatic heterocycles. The fourth-order valence-electron chi connectivity index (χ4n) is 4.56. The first kappa shape index (κ1) is 18.2. The molecule has 0 N–H and O–H groups in total. The fourth-order valence-corrected chi connectivity index (χ4v) is 5.51. The molecule has 0 spiro atoms. The molecule has 5 rings (SSSR count). The molecule has 3 aliphatic heterocycles. The van der Waals surface area contributed by atoms with E-state index in [0.717, 1.165) is 52.4 Å². The van der Waals surface area contributed by atoms with Gasteiger partial charge in [-0.05, 0) is 29.5 Å². The molecule has 6 heteroatoms. The van der Waals surface area contributed by atoms with Gasteiger partial charge in [0.2, 0.25) is 0 Å². The highest BCUT2D eigenvalue weighted by atomic mass is 32.1. The smallest absolute Gasteiger partial charge is 0.152 e. The second-order valence-electron chi connectivity index (χ2n) is 8.17. The second kappa shape index (κ2) is 7.85. The Morgan fingerprint density at radius 1 is 1.00 bits per heavy atom. The quantitative estimate of drug-likeness (QED) is 0.795. The molecular formula is C22H28N4OS. The lowest BCUT2D eigenvalue weighted by Gasteiger charge is -2.36. The SMILES string of the molecule is Cc1ccsc1CN1CCN(C2=NO[C@H]3CN(Cc4ccccc4)C[C@H]23)CC1. The summed E-state index contributed by atoms with van der Waals surface area (Å²) in [5.74, 6) is 1.61. The summed E-state index contributed by atoms with van der Waals surface area (Å²) >= 11 is 1.88. The molecule has 0 saturated carbocycles. The minimum Gasteiger partial charge on any atom is -0.389 e. The minimum atomic E-state index is 0.227. The van der Waals surface area contributed by atoms with E-state index in [9.17, 15) is 0 Å². The summed E-state index contributed by atoms with van der Waals surface area (Å²) in [5, 5.41) is 6.70. The van der Waals surface area contributed by atoms with Crippen molar-refractivity contribution in [1.29, 1.82) is 0 Å². The van der Waals surface area contributed by atoms with Gasteiger partial charge in [-0.3, -0.25) is 9.80 Å². The van der Waals surface area contributed by atoms with Crippen molar-refractivity contribution < 1.29 is 4.84 Å². The standard InChI is InChI=1S/C22H28N4OS/c1-17-7-12-28-21(17)16-24-8-10-26(11-9-24)22-19-14-25(15-20(19)27-23-22)13-18-5-3-2-4-6-18/h2-7,12,19-20H,8-11,13-16H2,1H3/t19-,20-/m0/s1. The number of nitrogens with zero attached hydrogens (tertiary/aromatic N) is 4. The Labute approximate surface area is 171 Å². The van der Waals surface area contributed by atoms with E-state index in [4.69, 9.17) is 4.84 Å². The van der Waals surface area contributed by atoms with E-state index in [1.807, 2.05) is 11.3 Å². The summed E-state index contributed by atoms with van der Waals surface area (Å²) in [6, 6.07) is 13.0. The van der Waals surface area contributed by atoms with Gasteiger partial charge in [0.1, 0.15) is 0 Å². The number of piperazine rings is 1. The fraction of sp³-hybridized carbons (Fsp3) is 0.500. The number of benzene rings is 1. The van der Waals surface area contributed by atoms with Gasteiger partial charge < -0.3 is 9.74 Å². The Morgan fingerprint density at radius 3 is 2.57 bits per heavy atom. The van der Waals surface area contributed by atoms with Gasteiger partial charge in [-0.1, -0.05) is 35.5 Å². The van der Waals surface area contributed by atoms with Gasteiger partial charge in [-0.15, -0.1) is 11.3 Å². The van der Waals surface area contributed by atoms with Crippen molar-refractivity contribution in [1.82, 2.24) is 14.7 Å². The average Bonchev–Trinajstić information content (AvgIpc) is 3.40. The van der Waals surface area contributed by atoms with Crippen molar-refractivity contribution in [2.24, 2.45) is 11.1 Å². The highest BCUT2D eigenvalue weighted by molar-refractivity contribution is 7.10. The number of rotatable bonds is 4. The van der Waals surface area contributed by atoms with Gasteiger partial charge in [-0.25, -0.2) is 0 Å². The molecule has 0 amide bonds. The van der Waals surface area contributed by atoms with Crippen LogP contribution in [0.3, 0.4) is 0 Å². The van der Waals surface area contributed by atoms with E-state index in [0.29, 0.717) is 5.92 Å². The van der Waals surface area contributed by atoms with Crippen LogP contribution in [-0.4, -0.2) is 65.9 Å². The van der Waals surface area contributed by atoms with Crippen molar-refractivity contribution in [2.75, 3.05) is 39.3 Å². The van der Waals surface area contributed by atoms with Gasteiger partial charge in [0.15, 0.2) is 11.9 Å². The van der Waals surface area contributed by atoms with E-state index < -0.39 is 0 Å². The molecule has 3 aliphatic rings. The van der Waals surface area contributed by atoms with E-state index in [2.05, 4.69) is 68.6 Å². The zero-order chi connectivity index (χ0) is 18.9. The maximum absolute atomic E-state index is 5.83. The zero-order valence-corrected chi connectivity index (χ0v) is 17.3. The number of aryl methyl sites for hydroxylation is 1. The second-order valence-corrected chi connectivity index (χ2v) is 9.17. The van der Waals surface area contributed by atoms with Gasteiger partial charge >= 0.3 is 0 Å². The first-order valence-corrected chi connectivity index (χ1v) is 11.1. The molecular weight excluding hydrogens is 368 g/mol. The molecule has 148 valence electrons. The van der Waals surface area contributed by atoms with Crippen LogP contribution in [0.1, 0.15) is 16.0 Å². The Morgan fingerprint density at radius 2 is 1.82 bits per heavy atom. The van der Waals surface area contributed by atoms with Crippen LogP contribution in [0.5, 0.6) is 0 Å². The van der Waals surface area contributed by atoms with Crippen LogP contribution in [0, 0.1) is 12.8 Å². The van der Waals surface area contributed by atoms with Crippen molar-refractivity contribution in [2.45, 2.75) is 26.1 Å². The van der Waals surface area contributed by atoms with Crippen LogP contribution in [0.4, 0.5) is 0 Å². The Balaban J connectivity index is 1.15. The molecule has 2 aromatic rings. The molecule has 0 radical (unpaired) electrons. The summed E-state index contributed by atoms with van der Waals surface area (Å²) < 4.78 is 0. The molecule has 0 aliphatic carbocycles. The molecule has 1 aromatic carbocycles. The monoisotopic (exact) mass is 396 g/mol. The number of fused-ring (bicyclic) bond motifs is 1. The Kier molecular flexibility index (Phi) is 5.09. The van der Waals surface area contributed by atoms with Crippen LogP contribution in [-0.2, 0) is 17.9 Å². The minimum absolute atomic E-state index is 0.227. The first-order chi connectivity index (χ1) is 13.8. The van der Waals surface area contributed by atoms with E-state index >= 15 is 0 Å². The van der Waals surface area contributed by atoms with Crippen molar-refractivity contribution >= 4 is 17.2 Å². The summed E-state index contributed by atoms with van der Waals surface area (Å²) in [6.07, 6.45) is 0.227. The van der Waals surface area contributed by atoms with E-state index in [1.54, 1.807) is 0 Å². The third kappa shape index (κ3) is 3.69. The number of hydrogen-bond acceptors (Lipinski definition) is 6. The van der Waals surface area contributed by atoms with Crippen LogP contribution < -0.4 is 0 Å². The molecule has 2 saturated heterocycles. The highest BCUT2D eigenvalue weighted by Crippen LogP contribution is 2.30. The van der Waals surface area contributed by atoms with Crippen molar-refractivity contribution in [3.05, 3.63) is 57.8 Å². The number of oxime groups is 1. The zero-order valence-electron chi connectivity index (χ0n) is 16.5.